The second kappa shape index (κ2) is 7.72. The standard InChI is InChI=1S/C18H20ClN3O3/c1-22-11-13(19)10-16(22)18(24)21-14-4-2-12(3-5-14)17(23)20-15-6-8-25-9-7-15/h2-5,10-11,15H,6-9H2,1H3,(H,20,23)(H,21,24). The van der Waals surface area contributed by atoms with E-state index in [1.807, 2.05) is 0 Å². The fourth-order valence-corrected chi connectivity index (χ4v) is 3.01. The first-order valence-electron chi connectivity index (χ1n) is 8.15. The molecule has 6 nitrogen and oxygen atoms in total. The van der Waals surface area contributed by atoms with E-state index in [-0.39, 0.29) is 17.9 Å². The Morgan fingerprint density at radius 1 is 1.16 bits per heavy atom. The molecule has 0 bridgehead atoms. The number of rotatable bonds is 4. The summed E-state index contributed by atoms with van der Waals surface area (Å²) in [6.07, 6.45) is 3.33. The number of carbonyl (C=O) groups excluding carboxylic acids is 2. The summed E-state index contributed by atoms with van der Waals surface area (Å²) >= 11 is 5.90. The number of carbonyl (C=O) groups is 2. The molecule has 2 N–H and O–H groups in total. The minimum atomic E-state index is -0.256. The van der Waals surface area contributed by atoms with Crippen LogP contribution < -0.4 is 10.6 Å². The molecule has 2 heterocycles. The van der Waals surface area contributed by atoms with Gasteiger partial charge in [-0.15, -0.1) is 0 Å². The highest BCUT2D eigenvalue weighted by Gasteiger charge is 2.17. The molecule has 2 aromatic rings. The van der Waals surface area contributed by atoms with Gasteiger partial charge in [-0.1, -0.05) is 11.6 Å². The van der Waals surface area contributed by atoms with E-state index in [0.717, 1.165) is 12.8 Å². The smallest absolute Gasteiger partial charge is 0.272 e. The molecule has 0 atom stereocenters. The van der Waals surface area contributed by atoms with E-state index in [9.17, 15) is 9.59 Å². The largest absolute Gasteiger partial charge is 0.381 e. The third kappa shape index (κ3) is 4.41. The van der Waals surface area contributed by atoms with Crippen molar-refractivity contribution in [2.45, 2.75) is 18.9 Å². The minimum absolute atomic E-state index is 0.112. The van der Waals surface area contributed by atoms with Gasteiger partial charge < -0.3 is 19.9 Å². The number of nitrogens with one attached hydrogen (secondary N) is 2. The summed E-state index contributed by atoms with van der Waals surface area (Å²) in [7, 11) is 1.75. The van der Waals surface area contributed by atoms with Gasteiger partial charge in [-0.2, -0.15) is 0 Å². The Morgan fingerprint density at radius 2 is 1.84 bits per heavy atom. The molecule has 0 spiro atoms. The Labute approximate surface area is 151 Å². The molecule has 0 unspecified atom stereocenters. The fraction of sp³-hybridized carbons (Fsp3) is 0.333. The van der Waals surface area contributed by atoms with Crippen LogP contribution in [0.25, 0.3) is 0 Å². The number of aryl methyl sites for hydroxylation is 1. The maximum atomic E-state index is 12.3. The van der Waals surface area contributed by atoms with Crippen LogP contribution in [-0.2, 0) is 11.8 Å². The lowest BCUT2D eigenvalue weighted by Gasteiger charge is -2.23. The normalized spacial score (nSPS) is 15.0. The molecule has 0 radical (unpaired) electrons. The van der Waals surface area contributed by atoms with Crippen molar-refractivity contribution in [3.63, 3.8) is 0 Å². The summed E-state index contributed by atoms with van der Waals surface area (Å²) in [4.78, 5) is 24.5. The van der Waals surface area contributed by atoms with Crippen LogP contribution in [0, 0.1) is 0 Å². The van der Waals surface area contributed by atoms with Crippen LogP contribution in [0.2, 0.25) is 5.02 Å². The zero-order chi connectivity index (χ0) is 17.8. The number of halogens is 1. The molecule has 7 heteroatoms. The Morgan fingerprint density at radius 3 is 2.44 bits per heavy atom. The maximum absolute atomic E-state index is 12.3. The van der Waals surface area contributed by atoms with E-state index >= 15 is 0 Å². The van der Waals surface area contributed by atoms with Gasteiger partial charge in [0.15, 0.2) is 0 Å². The molecule has 0 aliphatic carbocycles. The Kier molecular flexibility index (Phi) is 5.40. The molecule has 1 aromatic carbocycles. The van der Waals surface area contributed by atoms with Crippen LogP contribution in [0.15, 0.2) is 36.5 Å². The predicted molar refractivity (Wildman–Crippen MR) is 96.1 cm³/mol. The quantitative estimate of drug-likeness (QED) is 0.879. The number of benzene rings is 1. The van der Waals surface area contributed by atoms with E-state index in [4.69, 9.17) is 16.3 Å². The molecule has 1 fully saturated rings. The lowest BCUT2D eigenvalue weighted by Crippen LogP contribution is -2.38. The van der Waals surface area contributed by atoms with Crippen molar-refractivity contribution < 1.29 is 14.3 Å². The fourth-order valence-electron chi connectivity index (χ4n) is 2.76. The first kappa shape index (κ1) is 17.5. The van der Waals surface area contributed by atoms with E-state index in [2.05, 4.69) is 10.6 Å². The van der Waals surface area contributed by atoms with E-state index in [0.29, 0.717) is 35.2 Å². The van der Waals surface area contributed by atoms with Crippen LogP contribution in [0.3, 0.4) is 0 Å². The van der Waals surface area contributed by atoms with Crippen LogP contribution >= 0.6 is 11.6 Å². The number of hydrogen-bond acceptors (Lipinski definition) is 3. The van der Waals surface area contributed by atoms with Gasteiger partial charge in [0, 0.05) is 43.8 Å². The van der Waals surface area contributed by atoms with Gasteiger partial charge in [-0.05, 0) is 43.2 Å². The summed E-state index contributed by atoms with van der Waals surface area (Å²) in [5.41, 5.74) is 1.64. The van der Waals surface area contributed by atoms with Crippen molar-refractivity contribution in [3.8, 4) is 0 Å². The topological polar surface area (TPSA) is 72.4 Å². The van der Waals surface area contributed by atoms with Crippen molar-refractivity contribution in [1.82, 2.24) is 9.88 Å². The van der Waals surface area contributed by atoms with E-state index in [1.54, 1.807) is 48.1 Å². The second-order valence-electron chi connectivity index (χ2n) is 6.05. The second-order valence-corrected chi connectivity index (χ2v) is 6.48. The van der Waals surface area contributed by atoms with Gasteiger partial charge in [0.2, 0.25) is 0 Å². The third-order valence-corrected chi connectivity index (χ3v) is 4.37. The number of aromatic nitrogens is 1. The van der Waals surface area contributed by atoms with Gasteiger partial charge in [0.05, 0.1) is 5.02 Å². The molecule has 1 saturated heterocycles. The summed E-state index contributed by atoms with van der Waals surface area (Å²) in [6, 6.07) is 8.57. The molecule has 132 valence electrons. The lowest BCUT2D eigenvalue weighted by molar-refractivity contribution is 0.0696. The Hall–Kier alpha value is -2.31. The number of anilines is 1. The van der Waals surface area contributed by atoms with Crippen LogP contribution in [0.5, 0.6) is 0 Å². The average Bonchev–Trinajstić information content (AvgIpc) is 2.95. The molecule has 25 heavy (non-hydrogen) atoms. The number of nitrogens with zero attached hydrogens (tertiary/aromatic N) is 1. The number of amides is 2. The predicted octanol–water partition coefficient (Wildman–Crippen LogP) is 2.84. The van der Waals surface area contributed by atoms with Crippen molar-refractivity contribution in [2.24, 2.45) is 7.05 Å². The Bertz CT molecular complexity index is 764. The lowest BCUT2D eigenvalue weighted by atomic mass is 10.1. The first-order chi connectivity index (χ1) is 12.0. The number of ether oxygens (including phenoxy) is 1. The molecule has 3 rings (SSSR count). The molecular formula is C18H20ClN3O3. The average molecular weight is 362 g/mol. The van der Waals surface area contributed by atoms with Gasteiger partial charge in [-0.3, -0.25) is 9.59 Å². The zero-order valence-corrected chi connectivity index (χ0v) is 14.7. The van der Waals surface area contributed by atoms with E-state index < -0.39 is 0 Å². The van der Waals surface area contributed by atoms with Gasteiger partial charge in [-0.25, -0.2) is 0 Å². The van der Waals surface area contributed by atoms with Gasteiger partial charge in [0.1, 0.15) is 5.69 Å². The summed E-state index contributed by atoms with van der Waals surface area (Å²) in [6.45, 7) is 1.36. The van der Waals surface area contributed by atoms with Crippen molar-refractivity contribution in [2.75, 3.05) is 18.5 Å². The van der Waals surface area contributed by atoms with Crippen LogP contribution in [0.4, 0.5) is 5.69 Å². The van der Waals surface area contributed by atoms with Crippen LogP contribution in [-0.4, -0.2) is 35.6 Å². The highest BCUT2D eigenvalue weighted by molar-refractivity contribution is 6.31. The highest BCUT2D eigenvalue weighted by atomic mass is 35.5. The number of hydrogen-bond donors (Lipinski definition) is 2. The molecule has 1 aromatic heterocycles. The third-order valence-electron chi connectivity index (χ3n) is 4.17. The van der Waals surface area contributed by atoms with Gasteiger partial charge in [0.25, 0.3) is 11.8 Å². The molecule has 2 amide bonds. The van der Waals surface area contributed by atoms with E-state index in [1.165, 1.54) is 0 Å². The summed E-state index contributed by atoms with van der Waals surface area (Å²) < 4.78 is 6.94. The monoisotopic (exact) mass is 361 g/mol. The summed E-state index contributed by atoms with van der Waals surface area (Å²) in [5, 5.41) is 6.31. The first-order valence-corrected chi connectivity index (χ1v) is 8.52. The van der Waals surface area contributed by atoms with Crippen molar-refractivity contribution in [1.29, 1.82) is 0 Å². The zero-order valence-electron chi connectivity index (χ0n) is 13.9. The van der Waals surface area contributed by atoms with Crippen molar-refractivity contribution in [3.05, 3.63) is 52.8 Å². The Balaban J connectivity index is 1.60. The minimum Gasteiger partial charge on any atom is -0.381 e. The SMILES string of the molecule is Cn1cc(Cl)cc1C(=O)Nc1ccc(C(=O)NC2CCOCC2)cc1. The molecule has 1 aliphatic rings. The van der Waals surface area contributed by atoms with Crippen molar-refractivity contribution >= 4 is 29.1 Å². The molecule has 0 saturated carbocycles. The molecular weight excluding hydrogens is 342 g/mol. The highest BCUT2D eigenvalue weighted by Crippen LogP contribution is 2.16. The summed E-state index contributed by atoms with van der Waals surface area (Å²) in [5.74, 6) is -0.368. The maximum Gasteiger partial charge on any atom is 0.272 e. The molecule has 1 aliphatic heterocycles. The van der Waals surface area contributed by atoms with Gasteiger partial charge >= 0.3 is 0 Å². The van der Waals surface area contributed by atoms with Crippen LogP contribution in [0.1, 0.15) is 33.7 Å².